The van der Waals surface area contributed by atoms with Crippen LogP contribution in [0.25, 0.3) is 5.69 Å². The van der Waals surface area contributed by atoms with Crippen LogP contribution < -0.4 is 5.32 Å². The number of nitrogens with one attached hydrogen (secondary N) is 1. The number of carbonyl (C=O) groups is 1. The van der Waals surface area contributed by atoms with Crippen LogP contribution in [-0.2, 0) is 11.2 Å². The van der Waals surface area contributed by atoms with E-state index in [0.717, 1.165) is 23.5 Å². The lowest BCUT2D eigenvalue weighted by molar-refractivity contribution is -0.116. The van der Waals surface area contributed by atoms with Crippen LogP contribution in [0.1, 0.15) is 17.7 Å². The summed E-state index contributed by atoms with van der Waals surface area (Å²) in [6.45, 7) is 1.80. The third kappa shape index (κ3) is 3.74. The van der Waals surface area contributed by atoms with Crippen molar-refractivity contribution in [3.05, 3.63) is 71.6 Å². The van der Waals surface area contributed by atoms with E-state index in [2.05, 4.69) is 15.4 Å². The minimum atomic E-state index is -1.52. The molecule has 26 heavy (non-hydrogen) atoms. The molecule has 1 N–H and O–H groups in total. The number of pyridine rings is 1. The van der Waals surface area contributed by atoms with Crippen molar-refractivity contribution in [1.82, 2.24) is 14.8 Å². The Morgan fingerprint density at radius 2 is 1.81 bits per heavy atom. The Hall–Kier alpha value is -3.16. The first kappa shape index (κ1) is 17.7. The average Bonchev–Trinajstić information content (AvgIpc) is 2.99. The molecule has 0 spiro atoms. The van der Waals surface area contributed by atoms with Crippen molar-refractivity contribution >= 4 is 11.6 Å². The molecule has 0 aliphatic carbocycles. The average molecular weight is 360 g/mol. The van der Waals surface area contributed by atoms with Gasteiger partial charge in [0.1, 0.15) is 0 Å². The highest BCUT2D eigenvalue weighted by Gasteiger charge is 2.13. The van der Waals surface area contributed by atoms with E-state index in [0.29, 0.717) is 5.69 Å². The van der Waals surface area contributed by atoms with Gasteiger partial charge in [-0.3, -0.25) is 9.78 Å². The number of anilines is 1. The Labute approximate surface area is 147 Å². The number of halogens is 3. The molecule has 8 heteroatoms. The lowest BCUT2D eigenvalue weighted by Crippen LogP contribution is -2.13. The van der Waals surface area contributed by atoms with Gasteiger partial charge < -0.3 is 5.32 Å². The van der Waals surface area contributed by atoms with Gasteiger partial charge in [0.05, 0.1) is 23.3 Å². The maximum Gasteiger partial charge on any atom is 0.224 e. The van der Waals surface area contributed by atoms with E-state index in [4.69, 9.17) is 0 Å². The van der Waals surface area contributed by atoms with Crippen LogP contribution in [0.5, 0.6) is 0 Å². The number of nitrogens with zero attached hydrogens (tertiary/aromatic N) is 3. The molecule has 0 unspecified atom stereocenters. The minimum Gasteiger partial charge on any atom is -0.323 e. The van der Waals surface area contributed by atoms with Gasteiger partial charge in [0.15, 0.2) is 17.5 Å². The number of benzene rings is 1. The van der Waals surface area contributed by atoms with Gasteiger partial charge in [0.2, 0.25) is 5.91 Å². The number of aromatic nitrogens is 3. The number of amides is 1. The Bertz CT molecular complexity index is 918. The van der Waals surface area contributed by atoms with E-state index < -0.39 is 17.5 Å². The van der Waals surface area contributed by atoms with Crippen molar-refractivity contribution in [1.29, 1.82) is 0 Å². The Kier molecular flexibility index (Phi) is 5.01. The zero-order chi connectivity index (χ0) is 18.7. The second kappa shape index (κ2) is 7.38. The van der Waals surface area contributed by atoms with Crippen LogP contribution in [0.15, 0.2) is 42.9 Å². The molecular formula is C18H15F3N4O. The molecule has 0 aliphatic heterocycles. The first-order valence-corrected chi connectivity index (χ1v) is 7.84. The van der Waals surface area contributed by atoms with E-state index in [1.165, 1.54) is 6.20 Å². The normalized spacial score (nSPS) is 10.8. The Balaban J connectivity index is 1.65. The standard InChI is InChI=1S/C18H15F3N4O/c1-11-16(10-23-25(11)13-4-6-22-7-5-13)24-17(26)3-2-12-8-14(19)18(21)15(20)9-12/h4-10H,2-3H2,1H3,(H,24,26). The van der Waals surface area contributed by atoms with Crippen LogP contribution in [-0.4, -0.2) is 20.7 Å². The van der Waals surface area contributed by atoms with Crippen molar-refractivity contribution in [2.24, 2.45) is 0 Å². The van der Waals surface area contributed by atoms with Crippen molar-refractivity contribution < 1.29 is 18.0 Å². The smallest absolute Gasteiger partial charge is 0.224 e. The van der Waals surface area contributed by atoms with Gasteiger partial charge in [-0.2, -0.15) is 5.10 Å². The molecule has 0 atom stereocenters. The number of carbonyl (C=O) groups excluding carboxylic acids is 1. The molecule has 0 saturated heterocycles. The summed E-state index contributed by atoms with van der Waals surface area (Å²) in [5.74, 6) is -4.39. The number of hydrogen-bond donors (Lipinski definition) is 1. The molecule has 3 rings (SSSR count). The molecule has 2 aromatic heterocycles. The Morgan fingerprint density at radius 1 is 1.15 bits per heavy atom. The molecule has 0 radical (unpaired) electrons. The molecule has 5 nitrogen and oxygen atoms in total. The highest BCUT2D eigenvalue weighted by Crippen LogP contribution is 2.19. The van der Waals surface area contributed by atoms with Crippen LogP contribution in [0.3, 0.4) is 0 Å². The number of hydrogen-bond acceptors (Lipinski definition) is 3. The summed E-state index contributed by atoms with van der Waals surface area (Å²) in [6, 6.07) is 5.34. The van der Waals surface area contributed by atoms with Gasteiger partial charge in [0.25, 0.3) is 0 Å². The van der Waals surface area contributed by atoms with Crippen LogP contribution >= 0.6 is 0 Å². The summed E-state index contributed by atoms with van der Waals surface area (Å²) < 4.78 is 41.0. The van der Waals surface area contributed by atoms with Gasteiger partial charge in [-0.1, -0.05) is 0 Å². The summed E-state index contributed by atoms with van der Waals surface area (Å²) in [6.07, 6.45) is 4.86. The molecule has 0 aliphatic rings. The van der Waals surface area contributed by atoms with Gasteiger partial charge in [-0.25, -0.2) is 17.9 Å². The third-order valence-electron chi connectivity index (χ3n) is 3.88. The lowest BCUT2D eigenvalue weighted by Gasteiger charge is -2.07. The SMILES string of the molecule is Cc1c(NC(=O)CCc2cc(F)c(F)c(F)c2)cnn1-c1ccncc1. The largest absolute Gasteiger partial charge is 0.323 e. The minimum absolute atomic E-state index is 0.00953. The predicted octanol–water partition coefficient (Wildman–Crippen LogP) is 3.56. The first-order valence-electron chi connectivity index (χ1n) is 7.84. The second-order valence-electron chi connectivity index (χ2n) is 5.68. The van der Waals surface area contributed by atoms with E-state index in [1.54, 1.807) is 36.1 Å². The number of aryl methyl sites for hydroxylation is 1. The lowest BCUT2D eigenvalue weighted by atomic mass is 10.1. The van der Waals surface area contributed by atoms with Crippen LogP contribution in [0.2, 0.25) is 0 Å². The molecule has 2 heterocycles. The van der Waals surface area contributed by atoms with Gasteiger partial charge >= 0.3 is 0 Å². The molecule has 0 fully saturated rings. The number of rotatable bonds is 5. The molecule has 3 aromatic rings. The summed E-state index contributed by atoms with van der Waals surface area (Å²) in [5, 5.41) is 6.94. The summed E-state index contributed by atoms with van der Waals surface area (Å²) in [4.78, 5) is 16.0. The van der Waals surface area contributed by atoms with Crippen LogP contribution in [0, 0.1) is 24.4 Å². The van der Waals surface area contributed by atoms with Gasteiger partial charge in [-0.15, -0.1) is 0 Å². The fourth-order valence-electron chi connectivity index (χ4n) is 2.50. The summed E-state index contributed by atoms with van der Waals surface area (Å²) in [7, 11) is 0. The fourth-order valence-corrected chi connectivity index (χ4v) is 2.50. The molecule has 0 bridgehead atoms. The zero-order valence-corrected chi connectivity index (χ0v) is 13.8. The van der Waals surface area contributed by atoms with E-state index in [9.17, 15) is 18.0 Å². The molecule has 1 aromatic carbocycles. The molecular weight excluding hydrogens is 345 g/mol. The third-order valence-corrected chi connectivity index (χ3v) is 3.88. The Morgan fingerprint density at radius 3 is 2.46 bits per heavy atom. The van der Waals surface area contributed by atoms with Crippen molar-refractivity contribution in [2.75, 3.05) is 5.32 Å². The van der Waals surface area contributed by atoms with Crippen molar-refractivity contribution in [3.63, 3.8) is 0 Å². The molecule has 0 saturated carbocycles. The maximum absolute atomic E-state index is 13.2. The predicted molar refractivity (Wildman–Crippen MR) is 89.4 cm³/mol. The van der Waals surface area contributed by atoms with E-state index >= 15 is 0 Å². The quantitative estimate of drug-likeness (QED) is 0.708. The van der Waals surface area contributed by atoms with Crippen molar-refractivity contribution in [2.45, 2.75) is 19.8 Å². The fraction of sp³-hybridized carbons (Fsp3) is 0.167. The maximum atomic E-state index is 13.2. The molecule has 1 amide bonds. The zero-order valence-electron chi connectivity index (χ0n) is 13.8. The van der Waals surface area contributed by atoms with E-state index in [1.807, 2.05) is 0 Å². The summed E-state index contributed by atoms with van der Waals surface area (Å²) in [5.41, 5.74) is 2.27. The highest BCUT2D eigenvalue weighted by molar-refractivity contribution is 5.91. The van der Waals surface area contributed by atoms with E-state index in [-0.39, 0.29) is 24.3 Å². The van der Waals surface area contributed by atoms with Crippen LogP contribution in [0.4, 0.5) is 18.9 Å². The molecule has 134 valence electrons. The van der Waals surface area contributed by atoms with Crippen molar-refractivity contribution in [3.8, 4) is 5.69 Å². The monoisotopic (exact) mass is 360 g/mol. The summed E-state index contributed by atoms with van der Waals surface area (Å²) >= 11 is 0. The highest BCUT2D eigenvalue weighted by atomic mass is 19.2. The van der Waals surface area contributed by atoms with Gasteiger partial charge in [-0.05, 0) is 43.2 Å². The second-order valence-corrected chi connectivity index (χ2v) is 5.68. The topological polar surface area (TPSA) is 59.8 Å². The first-order chi connectivity index (χ1) is 12.5. The van der Waals surface area contributed by atoms with Gasteiger partial charge in [0, 0.05) is 18.8 Å².